The molecule has 1 heterocycles. The molecule has 0 unspecified atom stereocenters. The Bertz CT molecular complexity index is 245. The summed E-state index contributed by atoms with van der Waals surface area (Å²) in [6, 6.07) is 0. The summed E-state index contributed by atoms with van der Waals surface area (Å²) in [5.74, 6) is -2.21. The minimum absolute atomic E-state index is 0.0984. The number of aliphatic hydroxyl groups is 1. The first-order valence-electron chi connectivity index (χ1n) is 2.88. The van der Waals surface area contributed by atoms with Crippen LogP contribution in [-0.4, -0.2) is 23.6 Å². The summed E-state index contributed by atoms with van der Waals surface area (Å²) < 4.78 is 0. The Labute approximate surface area is 62.1 Å². The average molecular weight is 157 g/mol. The molecule has 0 aliphatic carbocycles. The van der Waals surface area contributed by atoms with E-state index in [0.717, 1.165) is 0 Å². The Kier molecular flexibility index (Phi) is 1.67. The lowest BCUT2D eigenvalue weighted by Gasteiger charge is -2.15. The van der Waals surface area contributed by atoms with Crippen molar-refractivity contribution >= 4 is 11.8 Å². The lowest BCUT2D eigenvalue weighted by atomic mass is 10.3. The summed E-state index contributed by atoms with van der Waals surface area (Å²) >= 11 is 0. The van der Waals surface area contributed by atoms with Gasteiger partial charge in [0.2, 0.25) is 5.76 Å². The van der Waals surface area contributed by atoms with Gasteiger partial charge in [0.1, 0.15) is 5.70 Å². The number of nitrogens with two attached hydrogens (primary N) is 1. The maximum atomic E-state index is 10.6. The number of primary amides is 1. The fraction of sp³-hybridized carbons (Fsp3) is 0.200. The molecule has 60 valence electrons. The van der Waals surface area contributed by atoms with E-state index in [0.29, 0.717) is 0 Å². The Balaban J connectivity index is 2.98. The highest BCUT2D eigenvalue weighted by molar-refractivity contribution is 6.03. The minimum atomic E-state index is -0.850. The van der Waals surface area contributed by atoms with Crippen LogP contribution < -0.4 is 16.4 Å². The molecule has 0 saturated heterocycles. The van der Waals surface area contributed by atoms with Crippen molar-refractivity contribution in [2.45, 2.75) is 0 Å². The van der Waals surface area contributed by atoms with E-state index < -0.39 is 17.6 Å². The van der Waals surface area contributed by atoms with E-state index in [2.05, 4.69) is 10.6 Å². The van der Waals surface area contributed by atoms with Crippen LogP contribution in [0.3, 0.4) is 0 Å². The molecule has 0 aromatic heterocycles. The third-order valence-corrected chi connectivity index (χ3v) is 1.21. The van der Waals surface area contributed by atoms with E-state index in [1.54, 1.807) is 0 Å². The fourth-order valence-electron chi connectivity index (χ4n) is 0.698. The number of nitrogens with one attached hydrogen (secondary N) is 2. The quantitative estimate of drug-likeness (QED) is 0.350. The normalized spacial score (nSPS) is 17.3. The summed E-state index contributed by atoms with van der Waals surface area (Å²) in [6.45, 7) is 0.0984. The van der Waals surface area contributed by atoms with Gasteiger partial charge in [-0.15, -0.1) is 0 Å². The van der Waals surface area contributed by atoms with Crippen LogP contribution in [0.15, 0.2) is 11.5 Å². The van der Waals surface area contributed by atoms with Crippen LogP contribution in [-0.2, 0) is 9.59 Å². The lowest BCUT2D eigenvalue weighted by Crippen LogP contribution is -2.44. The second-order valence-corrected chi connectivity index (χ2v) is 1.95. The largest absolute Gasteiger partial charge is 0.501 e. The number of aliphatic hydroxyl groups excluding tert-OH is 1. The lowest BCUT2D eigenvalue weighted by molar-refractivity contribution is -0.122. The molecule has 0 saturated carbocycles. The first-order valence-corrected chi connectivity index (χ1v) is 2.88. The van der Waals surface area contributed by atoms with Crippen molar-refractivity contribution in [3.05, 3.63) is 11.5 Å². The summed E-state index contributed by atoms with van der Waals surface area (Å²) in [5.41, 5.74) is 4.58. The van der Waals surface area contributed by atoms with Gasteiger partial charge in [-0.05, 0) is 0 Å². The van der Waals surface area contributed by atoms with Gasteiger partial charge < -0.3 is 21.5 Å². The highest BCUT2D eigenvalue weighted by Gasteiger charge is 2.21. The topological polar surface area (TPSA) is 104 Å². The Morgan fingerprint density at radius 3 is 2.64 bits per heavy atom. The average Bonchev–Trinajstić information content (AvgIpc) is 1.94. The van der Waals surface area contributed by atoms with Gasteiger partial charge >= 0.3 is 0 Å². The monoisotopic (exact) mass is 157 g/mol. The zero-order chi connectivity index (χ0) is 8.43. The molecule has 2 amide bonds. The molecular formula is C5H7N3O3. The Morgan fingerprint density at radius 2 is 2.18 bits per heavy atom. The SMILES string of the molecule is NC(=O)C1=C(O)C(=O)NCN1. The summed E-state index contributed by atoms with van der Waals surface area (Å²) in [5, 5.41) is 13.6. The van der Waals surface area contributed by atoms with Gasteiger partial charge in [-0.25, -0.2) is 0 Å². The predicted octanol–water partition coefficient (Wildman–Crippen LogP) is -2.08. The third kappa shape index (κ3) is 1.23. The van der Waals surface area contributed by atoms with Crippen molar-refractivity contribution in [3.8, 4) is 0 Å². The number of hydrogen-bond acceptors (Lipinski definition) is 4. The zero-order valence-electron chi connectivity index (χ0n) is 5.55. The second-order valence-electron chi connectivity index (χ2n) is 1.95. The molecule has 0 aromatic rings. The van der Waals surface area contributed by atoms with Gasteiger partial charge in [-0.3, -0.25) is 9.59 Å². The molecule has 0 bridgehead atoms. The first kappa shape index (κ1) is 7.39. The van der Waals surface area contributed by atoms with Crippen molar-refractivity contribution in [2.24, 2.45) is 5.73 Å². The predicted molar refractivity (Wildman–Crippen MR) is 35.0 cm³/mol. The van der Waals surface area contributed by atoms with Gasteiger partial charge in [0.25, 0.3) is 11.8 Å². The summed E-state index contributed by atoms with van der Waals surface area (Å²) in [6.07, 6.45) is 0. The van der Waals surface area contributed by atoms with Crippen molar-refractivity contribution < 1.29 is 14.7 Å². The van der Waals surface area contributed by atoms with Crippen LogP contribution in [0.4, 0.5) is 0 Å². The van der Waals surface area contributed by atoms with E-state index in [1.807, 2.05) is 0 Å². The standard InChI is InChI=1S/C5H7N3O3/c6-4(10)2-3(9)5(11)8-1-7-2/h7,9H,1H2,(H2,6,10)(H,8,11). The number of carbonyl (C=O) groups is 2. The van der Waals surface area contributed by atoms with E-state index in [9.17, 15) is 9.59 Å². The van der Waals surface area contributed by atoms with E-state index in [1.165, 1.54) is 0 Å². The number of hydrogen-bond donors (Lipinski definition) is 4. The molecule has 1 rings (SSSR count). The van der Waals surface area contributed by atoms with Gasteiger partial charge in [0.05, 0.1) is 6.67 Å². The zero-order valence-corrected chi connectivity index (χ0v) is 5.55. The maximum Gasteiger partial charge on any atom is 0.289 e. The van der Waals surface area contributed by atoms with Crippen molar-refractivity contribution in [3.63, 3.8) is 0 Å². The second kappa shape index (κ2) is 2.49. The number of amides is 2. The summed E-state index contributed by atoms with van der Waals surface area (Å²) in [7, 11) is 0. The van der Waals surface area contributed by atoms with Crippen molar-refractivity contribution in [1.82, 2.24) is 10.6 Å². The van der Waals surface area contributed by atoms with E-state index in [-0.39, 0.29) is 12.4 Å². The smallest absolute Gasteiger partial charge is 0.289 e. The molecule has 0 spiro atoms. The van der Waals surface area contributed by atoms with Gasteiger partial charge in [0.15, 0.2) is 0 Å². The Hall–Kier alpha value is -1.72. The van der Waals surface area contributed by atoms with Gasteiger partial charge in [-0.1, -0.05) is 0 Å². The molecule has 0 radical (unpaired) electrons. The minimum Gasteiger partial charge on any atom is -0.501 e. The third-order valence-electron chi connectivity index (χ3n) is 1.21. The van der Waals surface area contributed by atoms with Crippen LogP contribution in [0.5, 0.6) is 0 Å². The van der Waals surface area contributed by atoms with Gasteiger partial charge in [0, 0.05) is 0 Å². The molecule has 11 heavy (non-hydrogen) atoms. The van der Waals surface area contributed by atoms with Crippen LogP contribution >= 0.6 is 0 Å². The van der Waals surface area contributed by atoms with Crippen LogP contribution in [0.1, 0.15) is 0 Å². The first-order chi connectivity index (χ1) is 5.13. The molecular weight excluding hydrogens is 150 g/mol. The molecule has 1 aliphatic heterocycles. The molecule has 0 atom stereocenters. The maximum absolute atomic E-state index is 10.6. The number of carbonyl (C=O) groups excluding carboxylic acids is 2. The number of rotatable bonds is 1. The van der Waals surface area contributed by atoms with Crippen LogP contribution in [0.2, 0.25) is 0 Å². The van der Waals surface area contributed by atoms with Gasteiger partial charge in [-0.2, -0.15) is 0 Å². The molecule has 0 fully saturated rings. The molecule has 6 nitrogen and oxygen atoms in total. The van der Waals surface area contributed by atoms with E-state index in [4.69, 9.17) is 10.8 Å². The molecule has 1 aliphatic rings. The molecule has 5 N–H and O–H groups in total. The summed E-state index contributed by atoms with van der Waals surface area (Å²) in [4.78, 5) is 21.1. The van der Waals surface area contributed by atoms with Crippen molar-refractivity contribution in [1.29, 1.82) is 0 Å². The highest BCUT2D eigenvalue weighted by atomic mass is 16.3. The molecule has 6 heteroatoms. The Morgan fingerprint density at radius 1 is 1.55 bits per heavy atom. The van der Waals surface area contributed by atoms with Crippen molar-refractivity contribution in [2.75, 3.05) is 6.67 Å². The van der Waals surface area contributed by atoms with Crippen LogP contribution in [0, 0.1) is 0 Å². The van der Waals surface area contributed by atoms with Crippen LogP contribution in [0.25, 0.3) is 0 Å². The molecule has 0 aromatic carbocycles. The highest BCUT2D eigenvalue weighted by Crippen LogP contribution is 1.99. The fourth-order valence-corrected chi connectivity index (χ4v) is 0.698. The van der Waals surface area contributed by atoms with E-state index >= 15 is 0 Å².